The normalized spacial score (nSPS) is 27.5. The molecule has 0 radical (unpaired) electrons. The number of nitrogens with one attached hydrogen (secondary N) is 1. The van der Waals surface area contributed by atoms with Gasteiger partial charge in [0.15, 0.2) is 0 Å². The molecular weight excluding hydrogens is 188 g/mol. The van der Waals surface area contributed by atoms with Gasteiger partial charge < -0.3 is 11.1 Å². The molecule has 0 aromatic carbocycles. The maximum Gasteiger partial charge on any atom is 0.227 e. The molecular formula is C12H24N2O. The second kappa shape index (κ2) is 4.97. The summed E-state index contributed by atoms with van der Waals surface area (Å²) in [5, 5.41) is 3.11. The maximum absolute atomic E-state index is 11.9. The monoisotopic (exact) mass is 212 g/mol. The third-order valence-corrected chi connectivity index (χ3v) is 3.48. The second-order valence-electron chi connectivity index (χ2n) is 5.52. The van der Waals surface area contributed by atoms with E-state index in [4.69, 9.17) is 5.73 Å². The van der Waals surface area contributed by atoms with E-state index in [1.165, 1.54) is 12.8 Å². The second-order valence-corrected chi connectivity index (χ2v) is 5.52. The van der Waals surface area contributed by atoms with Crippen molar-refractivity contribution < 1.29 is 4.79 Å². The van der Waals surface area contributed by atoms with Crippen LogP contribution in [-0.4, -0.2) is 18.5 Å². The molecule has 1 aliphatic carbocycles. The van der Waals surface area contributed by atoms with Crippen LogP contribution in [0.4, 0.5) is 0 Å². The average molecular weight is 212 g/mol. The zero-order valence-corrected chi connectivity index (χ0v) is 10.2. The molecule has 0 saturated heterocycles. The molecule has 0 unspecified atom stereocenters. The molecule has 1 fully saturated rings. The van der Waals surface area contributed by atoms with Crippen molar-refractivity contribution in [2.24, 2.45) is 17.1 Å². The molecule has 0 aromatic heterocycles. The van der Waals surface area contributed by atoms with Crippen LogP contribution in [0.3, 0.4) is 0 Å². The predicted molar refractivity (Wildman–Crippen MR) is 62.4 cm³/mol. The van der Waals surface area contributed by atoms with Crippen LogP contribution in [0.1, 0.15) is 46.5 Å². The van der Waals surface area contributed by atoms with Gasteiger partial charge >= 0.3 is 0 Å². The molecule has 1 rings (SSSR count). The Kier molecular flexibility index (Phi) is 4.14. The first kappa shape index (κ1) is 12.5. The average Bonchev–Trinajstić information content (AvgIpc) is 2.21. The van der Waals surface area contributed by atoms with Crippen LogP contribution >= 0.6 is 0 Å². The molecule has 3 heteroatoms. The number of carbonyl (C=O) groups excluding carboxylic acids is 1. The van der Waals surface area contributed by atoms with Gasteiger partial charge in [-0.1, -0.05) is 6.92 Å². The fourth-order valence-corrected chi connectivity index (χ4v) is 1.88. The SMILES string of the molecule is CC(C)(CN)C(=O)N[C@H]1CC[C@H](C)CC1. The minimum atomic E-state index is -0.428. The summed E-state index contributed by atoms with van der Waals surface area (Å²) >= 11 is 0. The molecule has 1 amide bonds. The summed E-state index contributed by atoms with van der Waals surface area (Å²) < 4.78 is 0. The number of hydrogen-bond donors (Lipinski definition) is 2. The van der Waals surface area contributed by atoms with Crippen molar-refractivity contribution >= 4 is 5.91 Å². The highest BCUT2D eigenvalue weighted by Gasteiger charge is 2.28. The van der Waals surface area contributed by atoms with Crippen LogP contribution in [0, 0.1) is 11.3 Å². The van der Waals surface area contributed by atoms with Crippen LogP contribution in [0.2, 0.25) is 0 Å². The third kappa shape index (κ3) is 3.49. The predicted octanol–water partition coefficient (Wildman–Crippen LogP) is 1.67. The lowest BCUT2D eigenvalue weighted by Crippen LogP contribution is -2.47. The Hall–Kier alpha value is -0.570. The lowest BCUT2D eigenvalue weighted by molar-refractivity contribution is -0.129. The van der Waals surface area contributed by atoms with Gasteiger partial charge in [-0.05, 0) is 45.4 Å². The van der Waals surface area contributed by atoms with Gasteiger partial charge in [0.1, 0.15) is 0 Å². The van der Waals surface area contributed by atoms with Crippen LogP contribution in [0.15, 0.2) is 0 Å². The first-order valence-electron chi connectivity index (χ1n) is 5.96. The molecule has 0 heterocycles. The molecule has 1 aliphatic rings. The fraction of sp³-hybridized carbons (Fsp3) is 0.917. The van der Waals surface area contributed by atoms with E-state index in [9.17, 15) is 4.79 Å². The molecule has 0 aromatic rings. The van der Waals surface area contributed by atoms with Gasteiger partial charge in [0.05, 0.1) is 5.41 Å². The van der Waals surface area contributed by atoms with Crippen molar-refractivity contribution in [3.05, 3.63) is 0 Å². The van der Waals surface area contributed by atoms with E-state index in [-0.39, 0.29) is 5.91 Å². The van der Waals surface area contributed by atoms with Crippen molar-refractivity contribution in [1.82, 2.24) is 5.32 Å². The summed E-state index contributed by atoms with van der Waals surface area (Å²) in [4.78, 5) is 11.9. The Balaban J connectivity index is 2.39. The summed E-state index contributed by atoms with van der Waals surface area (Å²) in [6.07, 6.45) is 4.70. The molecule has 3 N–H and O–H groups in total. The van der Waals surface area contributed by atoms with Gasteiger partial charge in [0.25, 0.3) is 0 Å². The van der Waals surface area contributed by atoms with Gasteiger partial charge in [-0.2, -0.15) is 0 Å². The Bertz CT molecular complexity index is 218. The largest absolute Gasteiger partial charge is 0.353 e. The van der Waals surface area contributed by atoms with E-state index in [1.54, 1.807) is 0 Å². The van der Waals surface area contributed by atoms with Gasteiger partial charge in [0.2, 0.25) is 5.91 Å². The third-order valence-electron chi connectivity index (χ3n) is 3.48. The number of carbonyl (C=O) groups is 1. The molecule has 88 valence electrons. The van der Waals surface area contributed by atoms with Crippen LogP contribution in [0.25, 0.3) is 0 Å². The van der Waals surface area contributed by atoms with E-state index < -0.39 is 5.41 Å². The number of nitrogens with two attached hydrogens (primary N) is 1. The van der Waals surface area contributed by atoms with E-state index in [0.29, 0.717) is 12.6 Å². The number of amides is 1. The summed E-state index contributed by atoms with van der Waals surface area (Å²) in [6, 6.07) is 0.375. The van der Waals surface area contributed by atoms with E-state index in [2.05, 4.69) is 12.2 Å². The molecule has 0 atom stereocenters. The van der Waals surface area contributed by atoms with Gasteiger partial charge in [-0.3, -0.25) is 4.79 Å². The van der Waals surface area contributed by atoms with Gasteiger partial charge in [0, 0.05) is 12.6 Å². The molecule has 0 spiro atoms. The highest BCUT2D eigenvalue weighted by molar-refractivity contribution is 5.82. The van der Waals surface area contributed by atoms with Crippen LogP contribution in [0.5, 0.6) is 0 Å². The Labute approximate surface area is 92.8 Å². The first-order valence-corrected chi connectivity index (χ1v) is 5.96. The topological polar surface area (TPSA) is 55.1 Å². The van der Waals surface area contributed by atoms with Gasteiger partial charge in [-0.15, -0.1) is 0 Å². The van der Waals surface area contributed by atoms with E-state index >= 15 is 0 Å². The fourth-order valence-electron chi connectivity index (χ4n) is 1.88. The number of hydrogen-bond acceptors (Lipinski definition) is 2. The lowest BCUT2D eigenvalue weighted by atomic mass is 9.86. The highest BCUT2D eigenvalue weighted by Crippen LogP contribution is 2.24. The van der Waals surface area contributed by atoms with Crippen molar-refractivity contribution in [2.45, 2.75) is 52.5 Å². The van der Waals surface area contributed by atoms with E-state index in [0.717, 1.165) is 18.8 Å². The summed E-state index contributed by atoms with van der Waals surface area (Å²) in [5.74, 6) is 0.922. The maximum atomic E-state index is 11.9. The Morgan fingerprint density at radius 1 is 1.33 bits per heavy atom. The number of rotatable bonds is 3. The minimum absolute atomic E-state index is 0.101. The standard InChI is InChI=1S/C12H24N2O/c1-9-4-6-10(7-5-9)14-11(15)12(2,3)8-13/h9-10H,4-8,13H2,1-3H3,(H,14,15)/t9-,10-. The molecule has 0 aliphatic heterocycles. The van der Waals surface area contributed by atoms with E-state index in [1.807, 2.05) is 13.8 Å². The Morgan fingerprint density at radius 2 is 1.87 bits per heavy atom. The summed E-state index contributed by atoms with van der Waals surface area (Å²) in [7, 11) is 0. The van der Waals surface area contributed by atoms with Crippen molar-refractivity contribution in [3.8, 4) is 0 Å². The first-order chi connectivity index (χ1) is 6.95. The smallest absolute Gasteiger partial charge is 0.227 e. The summed E-state index contributed by atoms with van der Waals surface area (Å²) in [5.41, 5.74) is 5.15. The van der Waals surface area contributed by atoms with Crippen molar-refractivity contribution in [1.29, 1.82) is 0 Å². The molecule has 0 bridgehead atoms. The summed E-state index contributed by atoms with van der Waals surface area (Å²) in [6.45, 7) is 6.48. The molecule has 1 saturated carbocycles. The highest BCUT2D eigenvalue weighted by atomic mass is 16.2. The zero-order chi connectivity index (χ0) is 11.5. The lowest BCUT2D eigenvalue weighted by Gasteiger charge is -2.30. The van der Waals surface area contributed by atoms with Crippen molar-refractivity contribution in [2.75, 3.05) is 6.54 Å². The zero-order valence-electron chi connectivity index (χ0n) is 10.2. The minimum Gasteiger partial charge on any atom is -0.353 e. The quantitative estimate of drug-likeness (QED) is 0.747. The van der Waals surface area contributed by atoms with Crippen molar-refractivity contribution in [3.63, 3.8) is 0 Å². The van der Waals surface area contributed by atoms with Crippen LogP contribution < -0.4 is 11.1 Å². The van der Waals surface area contributed by atoms with Gasteiger partial charge in [-0.25, -0.2) is 0 Å². The van der Waals surface area contributed by atoms with Crippen LogP contribution in [-0.2, 0) is 4.79 Å². The Morgan fingerprint density at radius 3 is 2.33 bits per heavy atom. The molecule has 3 nitrogen and oxygen atoms in total. The molecule has 15 heavy (non-hydrogen) atoms.